The summed E-state index contributed by atoms with van der Waals surface area (Å²) in [5.74, 6) is 0.983. The average Bonchev–Trinajstić information content (AvgIpc) is 2.65. The molecule has 0 aliphatic carbocycles. The Hall–Kier alpha value is -1.06. The van der Waals surface area contributed by atoms with Gasteiger partial charge in [-0.25, -0.2) is 0 Å². The Morgan fingerprint density at radius 2 is 2.50 bits per heavy atom. The normalized spacial score (nSPS) is 15.1. The van der Waals surface area contributed by atoms with Gasteiger partial charge in [-0.05, 0) is 19.8 Å². The molecule has 1 heterocycles. The number of amidine groups is 1. The van der Waals surface area contributed by atoms with E-state index in [1.54, 1.807) is 0 Å². The second kappa shape index (κ2) is 6.40. The van der Waals surface area contributed by atoms with E-state index in [0.29, 0.717) is 13.0 Å². The predicted octanol–water partition coefficient (Wildman–Crippen LogP) is 1.11. The molecule has 0 radical (unpaired) electrons. The van der Waals surface area contributed by atoms with Crippen molar-refractivity contribution in [3.8, 4) is 0 Å². The van der Waals surface area contributed by atoms with Gasteiger partial charge in [0.05, 0.1) is 12.4 Å². The zero-order chi connectivity index (χ0) is 10.2. The molecule has 1 aliphatic heterocycles. The third kappa shape index (κ3) is 4.25. The van der Waals surface area contributed by atoms with Gasteiger partial charge in [-0.2, -0.15) is 0 Å². The lowest BCUT2D eigenvalue weighted by molar-refractivity contribution is -0.143. The number of esters is 1. The van der Waals surface area contributed by atoms with Gasteiger partial charge in [0.2, 0.25) is 0 Å². The van der Waals surface area contributed by atoms with Gasteiger partial charge in [0, 0.05) is 25.9 Å². The lowest BCUT2D eigenvalue weighted by Gasteiger charge is -2.04. The van der Waals surface area contributed by atoms with Crippen molar-refractivity contribution in [1.29, 1.82) is 0 Å². The van der Waals surface area contributed by atoms with Crippen LogP contribution in [0.1, 0.15) is 32.6 Å². The second-order valence-corrected chi connectivity index (χ2v) is 3.27. The summed E-state index contributed by atoms with van der Waals surface area (Å²) in [6.45, 7) is 4.06. The van der Waals surface area contributed by atoms with Crippen LogP contribution >= 0.6 is 0 Å². The van der Waals surface area contributed by atoms with Gasteiger partial charge in [-0.3, -0.25) is 9.79 Å². The molecular formula is C10H18N2O2. The molecule has 14 heavy (non-hydrogen) atoms. The molecule has 0 saturated heterocycles. The Kier molecular flexibility index (Phi) is 5.04. The van der Waals surface area contributed by atoms with Gasteiger partial charge >= 0.3 is 5.97 Å². The molecule has 0 aromatic rings. The monoisotopic (exact) mass is 198 g/mol. The highest BCUT2D eigenvalue weighted by Gasteiger charge is 2.05. The molecule has 0 aromatic carbocycles. The maximum absolute atomic E-state index is 11.0. The molecule has 0 atom stereocenters. The van der Waals surface area contributed by atoms with E-state index in [0.717, 1.165) is 38.2 Å². The highest BCUT2D eigenvalue weighted by atomic mass is 16.5. The number of carbonyl (C=O) groups is 1. The molecule has 4 heteroatoms. The van der Waals surface area contributed by atoms with Crippen LogP contribution in [0.2, 0.25) is 0 Å². The molecule has 80 valence electrons. The van der Waals surface area contributed by atoms with Crippen molar-refractivity contribution < 1.29 is 9.53 Å². The highest BCUT2D eigenvalue weighted by Crippen LogP contribution is 2.01. The SMILES string of the molecule is CCOC(=O)CCCNC1=NCCC1. The molecule has 0 aromatic heterocycles. The number of aliphatic imine (C=N–C) groups is 1. The van der Waals surface area contributed by atoms with Crippen molar-refractivity contribution in [3.05, 3.63) is 0 Å². The number of ether oxygens (including phenoxy) is 1. The van der Waals surface area contributed by atoms with Crippen LogP contribution in [0.15, 0.2) is 4.99 Å². The molecule has 0 unspecified atom stereocenters. The van der Waals surface area contributed by atoms with Crippen molar-refractivity contribution in [1.82, 2.24) is 5.32 Å². The quantitative estimate of drug-likeness (QED) is 0.532. The van der Waals surface area contributed by atoms with Gasteiger partial charge in [-0.15, -0.1) is 0 Å². The summed E-state index contributed by atoms with van der Waals surface area (Å²) in [6.07, 6.45) is 3.52. The van der Waals surface area contributed by atoms with E-state index >= 15 is 0 Å². The summed E-state index contributed by atoms with van der Waals surface area (Å²) >= 11 is 0. The number of hydrogen-bond acceptors (Lipinski definition) is 4. The first-order valence-electron chi connectivity index (χ1n) is 5.25. The summed E-state index contributed by atoms with van der Waals surface area (Å²) in [7, 11) is 0. The Labute approximate surface area is 84.7 Å². The molecule has 1 N–H and O–H groups in total. The third-order valence-corrected chi connectivity index (χ3v) is 2.07. The van der Waals surface area contributed by atoms with Crippen molar-refractivity contribution in [2.45, 2.75) is 32.6 Å². The number of carbonyl (C=O) groups excluding carboxylic acids is 1. The van der Waals surface area contributed by atoms with Crippen LogP contribution in [-0.4, -0.2) is 31.5 Å². The van der Waals surface area contributed by atoms with Gasteiger partial charge in [-0.1, -0.05) is 0 Å². The first-order chi connectivity index (χ1) is 6.83. The van der Waals surface area contributed by atoms with Crippen molar-refractivity contribution in [3.63, 3.8) is 0 Å². The van der Waals surface area contributed by atoms with Crippen LogP contribution in [-0.2, 0) is 9.53 Å². The van der Waals surface area contributed by atoms with E-state index < -0.39 is 0 Å². The third-order valence-electron chi connectivity index (χ3n) is 2.07. The van der Waals surface area contributed by atoms with E-state index in [1.807, 2.05) is 6.92 Å². The molecular weight excluding hydrogens is 180 g/mol. The van der Waals surface area contributed by atoms with Crippen molar-refractivity contribution in [2.75, 3.05) is 19.7 Å². The Morgan fingerprint density at radius 3 is 3.14 bits per heavy atom. The van der Waals surface area contributed by atoms with E-state index in [-0.39, 0.29) is 5.97 Å². The van der Waals surface area contributed by atoms with Gasteiger partial charge in [0.15, 0.2) is 0 Å². The summed E-state index contributed by atoms with van der Waals surface area (Å²) in [5, 5.41) is 3.22. The molecule has 4 nitrogen and oxygen atoms in total. The number of nitrogens with zero attached hydrogens (tertiary/aromatic N) is 1. The molecule has 0 fully saturated rings. The Balaban J connectivity index is 1.96. The first kappa shape index (κ1) is 11.0. The van der Waals surface area contributed by atoms with Crippen LogP contribution < -0.4 is 5.32 Å². The lowest BCUT2D eigenvalue weighted by atomic mass is 10.3. The van der Waals surface area contributed by atoms with Crippen LogP contribution in [0.25, 0.3) is 0 Å². The zero-order valence-corrected chi connectivity index (χ0v) is 8.71. The Morgan fingerprint density at radius 1 is 1.64 bits per heavy atom. The molecule has 0 saturated carbocycles. The molecule has 1 rings (SSSR count). The lowest BCUT2D eigenvalue weighted by Crippen LogP contribution is -2.23. The topological polar surface area (TPSA) is 50.7 Å². The minimum Gasteiger partial charge on any atom is -0.466 e. The fraction of sp³-hybridized carbons (Fsp3) is 0.800. The smallest absolute Gasteiger partial charge is 0.305 e. The van der Waals surface area contributed by atoms with Gasteiger partial charge in [0.1, 0.15) is 0 Å². The van der Waals surface area contributed by atoms with Crippen LogP contribution in [0.3, 0.4) is 0 Å². The van der Waals surface area contributed by atoms with E-state index in [9.17, 15) is 4.79 Å². The standard InChI is InChI=1S/C10H18N2O2/c1-2-14-10(13)6-4-8-12-9-5-3-7-11-9/h2-8H2,1H3,(H,11,12). The number of rotatable bonds is 5. The van der Waals surface area contributed by atoms with Crippen LogP contribution in [0.4, 0.5) is 0 Å². The number of hydrogen-bond donors (Lipinski definition) is 1. The first-order valence-corrected chi connectivity index (χ1v) is 5.25. The van der Waals surface area contributed by atoms with Crippen LogP contribution in [0.5, 0.6) is 0 Å². The zero-order valence-electron chi connectivity index (χ0n) is 8.71. The van der Waals surface area contributed by atoms with Gasteiger partial charge in [0.25, 0.3) is 0 Å². The predicted molar refractivity (Wildman–Crippen MR) is 55.4 cm³/mol. The molecule has 0 bridgehead atoms. The fourth-order valence-electron chi connectivity index (χ4n) is 1.38. The van der Waals surface area contributed by atoms with E-state index in [4.69, 9.17) is 4.74 Å². The Bertz CT molecular complexity index is 214. The van der Waals surface area contributed by atoms with Crippen molar-refractivity contribution in [2.24, 2.45) is 4.99 Å². The average molecular weight is 198 g/mol. The minimum atomic E-state index is -0.109. The minimum absolute atomic E-state index is 0.109. The molecule has 1 aliphatic rings. The summed E-state index contributed by atoms with van der Waals surface area (Å²) < 4.78 is 4.82. The highest BCUT2D eigenvalue weighted by molar-refractivity contribution is 5.83. The van der Waals surface area contributed by atoms with E-state index in [2.05, 4.69) is 10.3 Å². The van der Waals surface area contributed by atoms with E-state index in [1.165, 1.54) is 0 Å². The number of nitrogens with one attached hydrogen (secondary N) is 1. The fourth-order valence-corrected chi connectivity index (χ4v) is 1.38. The maximum Gasteiger partial charge on any atom is 0.305 e. The molecule has 0 amide bonds. The largest absolute Gasteiger partial charge is 0.466 e. The summed E-state index contributed by atoms with van der Waals surface area (Å²) in [6, 6.07) is 0. The second-order valence-electron chi connectivity index (χ2n) is 3.27. The van der Waals surface area contributed by atoms with Crippen LogP contribution in [0, 0.1) is 0 Å². The maximum atomic E-state index is 11.0. The van der Waals surface area contributed by atoms with Gasteiger partial charge < -0.3 is 10.1 Å². The van der Waals surface area contributed by atoms with Crippen molar-refractivity contribution >= 4 is 11.8 Å². The summed E-state index contributed by atoms with van der Waals surface area (Å²) in [4.78, 5) is 15.2. The summed E-state index contributed by atoms with van der Waals surface area (Å²) in [5.41, 5.74) is 0. The molecule has 0 spiro atoms.